The summed E-state index contributed by atoms with van der Waals surface area (Å²) in [5.41, 5.74) is 5.20. The van der Waals surface area contributed by atoms with Crippen LogP contribution in [0.4, 0.5) is 0 Å². The predicted molar refractivity (Wildman–Crippen MR) is 168 cm³/mol. The van der Waals surface area contributed by atoms with Gasteiger partial charge in [-0.25, -0.2) is 9.59 Å². The van der Waals surface area contributed by atoms with E-state index in [9.17, 15) is 34.2 Å². The van der Waals surface area contributed by atoms with Crippen molar-refractivity contribution in [1.29, 1.82) is 0 Å². The van der Waals surface area contributed by atoms with Crippen molar-refractivity contribution in [3.8, 4) is 11.5 Å². The lowest BCUT2D eigenvalue weighted by atomic mass is 9.50. The maximum Gasteiger partial charge on any atom is 0.345 e. The van der Waals surface area contributed by atoms with Crippen LogP contribution < -0.4 is 25.8 Å². The molecule has 1 aromatic rings. The molecule has 0 aromatic heterocycles. The second kappa shape index (κ2) is 13.7. The number of esters is 2. The number of carboxylic acid groups (broad SMARTS) is 1. The Balaban J connectivity index is 1.28. The van der Waals surface area contributed by atoms with Crippen LogP contribution in [0.25, 0.3) is 0 Å². The van der Waals surface area contributed by atoms with Gasteiger partial charge in [-0.05, 0) is 76.9 Å². The topological polar surface area (TPSA) is 216 Å². The molecule has 2 bridgehead atoms. The molecule has 3 unspecified atom stereocenters. The molecule has 2 amide bonds. The number of amides is 2. The normalized spacial score (nSPS) is 26.8. The van der Waals surface area contributed by atoms with E-state index < -0.39 is 71.5 Å². The highest BCUT2D eigenvalue weighted by molar-refractivity contribution is 5.91. The SMILES string of the molecule is COc1ccc2c3c1O[C@H]1C(OC(=O)CC(OC(=O)C(C)NC(=O)C(CCCCN)NC(C)=O)C(=O)O)=CC[C@@]4(O)[C@@H](C2)N(C)CC[C@]314. The Morgan fingerprint density at radius 3 is 2.60 bits per heavy atom. The third kappa shape index (κ3) is 6.10. The number of ether oxygens (including phenoxy) is 4. The Bertz CT molecular complexity index is 1510. The molecule has 7 atom stereocenters. The number of hydrogen-bond acceptors (Lipinski definition) is 12. The van der Waals surface area contributed by atoms with Gasteiger partial charge in [0.15, 0.2) is 17.6 Å². The van der Waals surface area contributed by atoms with Gasteiger partial charge in [-0.3, -0.25) is 14.4 Å². The molecule has 262 valence electrons. The molecule has 6 N–H and O–H groups in total. The number of nitrogens with zero attached hydrogens (tertiary/aromatic N) is 1. The van der Waals surface area contributed by atoms with E-state index in [1.807, 2.05) is 19.2 Å². The average Bonchev–Trinajstić information content (AvgIpc) is 3.39. The minimum atomic E-state index is -1.92. The summed E-state index contributed by atoms with van der Waals surface area (Å²) in [5.74, 6) is -3.66. The molecule has 2 heterocycles. The summed E-state index contributed by atoms with van der Waals surface area (Å²) in [7, 11) is 3.49. The number of aliphatic carboxylic acids is 1. The zero-order valence-electron chi connectivity index (χ0n) is 27.6. The largest absolute Gasteiger partial charge is 0.493 e. The monoisotopic (exact) mass is 672 g/mol. The molecule has 48 heavy (non-hydrogen) atoms. The molecule has 2 aliphatic carbocycles. The van der Waals surface area contributed by atoms with Gasteiger partial charge in [-0.1, -0.05) is 6.07 Å². The van der Waals surface area contributed by atoms with Gasteiger partial charge in [0.25, 0.3) is 0 Å². The molecule has 15 nitrogen and oxygen atoms in total. The Labute approximate surface area is 278 Å². The number of carbonyl (C=O) groups is 5. The van der Waals surface area contributed by atoms with Gasteiger partial charge in [0.2, 0.25) is 17.9 Å². The van der Waals surface area contributed by atoms with Gasteiger partial charge in [-0.15, -0.1) is 0 Å². The lowest BCUT2D eigenvalue weighted by molar-refractivity contribution is -0.174. The van der Waals surface area contributed by atoms with Gasteiger partial charge >= 0.3 is 17.9 Å². The predicted octanol–water partition coefficient (Wildman–Crippen LogP) is 0.0410. The van der Waals surface area contributed by atoms with Crippen molar-refractivity contribution in [2.45, 2.75) is 100 Å². The van der Waals surface area contributed by atoms with Crippen LogP contribution in [0.3, 0.4) is 0 Å². The van der Waals surface area contributed by atoms with E-state index in [0.29, 0.717) is 50.3 Å². The molecule has 4 aliphatic rings. The van der Waals surface area contributed by atoms with Crippen molar-refractivity contribution in [3.63, 3.8) is 0 Å². The number of benzene rings is 1. The molecule has 0 saturated carbocycles. The Morgan fingerprint density at radius 1 is 1.19 bits per heavy atom. The number of nitrogens with two attached hydrogens (primary N) is 1. The van der Waals surface area contributed by atoms with Crippen LogP contribution in [0.5, 0.6) is 11.5 Å². The van der Waals surface area contributed by atoms with Gasteiger partial charge < -0.3 is 50.4 Å². The first kappa shape index (κ1) is 35.1. The maximum atomic E-state index is 13.2. The smallest absolute Gasteiger partial charge is 0.345 e. The van der Waals surface area contributed by atoms with Crippen LogP contribution in [0, 0.1) is 0 Å². The Morgan fingerprint density at radius 2 is 1.94 bits per heavy atom. The minimum absolute atomic E-state index is 0.133. The molecule has 1 saturated heterocycles. The van der Waals surface area contributed by atoms with Gasteiger partial charge in [0, 0.05) is 24.9 Å². The number of nitrogens with one attached hydrogen (secondary N) is 2. The molecular weight excluding hydrogens is 628 g/mol. The summed E-state index contributed by atoms with van der Waals surface area (Å²) in [6.45, 7) is 3.62. The van der Waals surface area contributed by atoms with E-state index in [1.165, 1.54) is 21.0 Å². The lowest BCUT2D eigenvalue weighted by Gasteiger charge is -2.61. The van der Waals surface area contributed by atoms with Crippen LogP contribution in [-0.4, -0.2) is 108 Å². The number of methoxy groups -OCH3 is 1. The number of carbonyl (C=O) groups excluding carboxylic acids is 4. The fourth-order valence-corrected chi connectivity index (χ4v) is 7.71. The molecule has 1 spiro atoms. The quantitative estimate of drug-likeness (QED) is 0.131. The van der Waals surface area contributed by atoms with E-state index in [2.05, 4.69) is 15.5 Å². The van der Waals surface area contributed by atoms with Crippen molar-refractivity contribution in [3.05, 3.63) is 35.1 Å². The lowest BCUT2D eigenvalue weighted by Crippen LogP contribution is -2.74. The number of likely N-dealkylation sites (tertiary alicyclic amines) is 1. The fraction of sp³-hybridized carbons (Fsp3) is 0.606. The highest BCUT2D eigenvalue weighted by Crippen LogP contribution is 2.65. The molecule has 5 rings (SSSR count). The number of aliphatic hydroxyl groups is 1. The molecule has 1 aromatic carbocycles. The number of likely N-dealkylation sites (N-methyl/N-ethyl adjacent to an activating group) is 1. The maximum absolute atomic E-state index is 13.2. The fourth-order valence-electron chi connectivity index (χ4n) is 7.71. The number of piperidine rings is 1. The van der Waals surface area contributed by atoms with Crippen LogP contribution in [0.2, 0.25) is 0 Å². The molecule has 1 fully saturated rings. The first-order valence-electron chi connectivity index (χ1n) is 16.2. The van der Waals surface area contributed by atoms with Gasteiger partial charge in [0.1, 0.15) is 17.8 Å². The molecule has 0 radical (unpaired) electrons. The minimum Gasteiger partial charge on any atom is -0.493 e. The second-order valence-corrected chi connectivity index (χ2v) is 13.0. The van der Waals surface area contributed by atoms with Crippen molar-refractivity contribution < 1.29 is 53.1 Å². The van der Waals surface area contributed by atoms with Crippen LogP contribution >= 0.6 is 0 Å². The van der Waals surface area contributed by atoms with Gasteiger partial charge in [-0.2, -0.15) is 0 Å². The summed E-state index contributed by atoms with van der Waals surface area (Å²) in [4.78, 5) is 64.6. The van der Waals surface area contributed by atoms with E-state index in [1.54, 1.807) is 6.08 Å². The van der Waals surface area contributed by atoms with Crippen molar-refractivity contribution in [2.24, 2.45) is 5.73 Å². The summed E-state index contributed by atoms with van der Waals surface area (Å²) < 4.78 is 22.9. The second-order valence-electron chi connectivity index (χ2n) is 13.0. The summed E-state index contributed by atoms with van der Waals surface area (Å²) in [6, 6.07) is 1.35. The average molecular weight is 673 g/mol. The summed E-state index contributed by atoms with van der Waals surface area (Å²) in [6.07, 6.45) is 0.716. The number of rotatable bonds is 14. The third-order valence-electron chi connectivity index (χ3n) is 10.0. The zero-order chi connectivity index (χ0) is 35.0. The van der Waals surface area contributed by atoms with Crippen LogP contribution in [0.15, 0.2) is 24.0 Å². The van der Waals surface area contributed by atoms with E-state index in [4.69, 9.17) is 24.7 Å². The standard InChI is InChI=1S/C33H44N4O11/c1-17(35-29(40)20(36-18(2)38)7-5-6-13-34)31(43)47-23(30(41)42)16-25(39)46-22-10-11-33(44)24-15-19-8-9-21(45-4)27-26(19)32(33,28(22)48-27)12-14-37(24)3/h8-10,17,20,23-24,28,44H,5-7,11-16,34H2,1-4H3,(H,35,40)(H,36,38)(H,41,42)/t17?,20?,23?,24-,28+,32+,33-/m1/s1. The van der Waals surface area contributed by atoms with E-state index in [0.717, 1.165) is 11.1 Å². The third-order valence-corrected chi connectivity index (χ3v) is 10.0. The molecular formula is C33H44N4O11. The zero-order valence-corrected chi connectivity index (χ0v) is 27.6. The number of carboxylic acids is 1. The van der Waals surface area contributed by atoms with Crippen LogP contribution in [0.1, 0.15) is 63.5 Å². The summed E-state index contributed by atoms with van der Waals surface area (Å²) in [5, 5.41) is 27.1. The molecule has 2 aliphatic heterocycles. The van der Waals surface area contributed by atoms with Crippen LogP contribution in [-0.2, 0) is 45.3 Å². The molecule has 15 heteroatoms. The van der Waals surface area contributed by atoms with E-state index >= 15 is 0 Å². The van der Waals surface area contributed by atoms with Crippen molar-refractivity contribution in [1.82, 2.24) is 15.5 Å². The first-order valence-corrected chi connectivity index (χ1v) is 16.2. The Hall–Kier alpha value is -4.21. The number of hydrogen-bond donors (Lipinski definition) is 5. The van der Waals surface area contributed by atoms with Crippen molar-refractivity contribution >= 4 is 29.7 Å². The first-order chi connectivity index (χ1) is 22.8. The van der Waals surface area contributed by atoms with Crippen molar-refractivity contribution in [2.75, 3.05) is 27.2 Å². The number of unbranched alkanes of at least 4 members (excludes halogenated alkanes) is 1. The van der Waals surface area contributed by atoms with Gasteiger partial charge in [0.05, 0.1) is 24.5 Å². The highest BCUT2D eigenvalue weighted by atomic mass is 16.6. The Kier molecular flexibility index (Phi) is 10.0. The van der Waals surface area contributed by atoms with E-state index in [-0.39, 0.29) is 24.6 Å². The highest BCUT2D eigenvalue weighted by Gasteiger charge is 2.72. The summed E-state index contributed by atoms with van der Waals surface area (Å²) >= 11 is 0.